The summed E-state index contributed by atoms with van der Waals surface area (Å²) in [7, 11) is 3.03. The summed E-state index contributed by atoms with van der Waals surface area (Å²) in [6.07, 6.45) is 1.61. The number of ether oxygens (including phenoxy) is 3. The number of aromatic nitrogens is 1. The Bertz CT molecular complexity index is 1130. The fraction of sp³-hybridized carbons (Fsp3) is 0.333. The minimum absolute atomic E-state index is 0.178. The molecule has 0 aliphatic heterocycles. The van der Waals surface area contributed by atoms with E-state index in [-0.39, 0.29) is 17.4 Å². The van der Waals surface area contributed by atoms with Crippen molar-refractivity contribution in [2.24, 2.45) is 5.92 Å². The highest BCUT2D eigenvalue weighted by molar-refractivity contribution is 6.13. The van der Waals surface area contributed by atoms with Gasteiger partial charge in [0.2, 0.25) is 0 Å². The quantitative estimate of drug-likeness (QED) is 0.582. The van der Waals surface area contributed by atoms with Crippen LogP contribution in [-0.2, 0) is 6.54 Å². The second-order valence-electron chi connectivity index (χ2n) is 7.56. The molecule has 7 nitrogen and oxygen atoms in total. The Hall–Kier alpha value is -3.48. The van der Waals surface area contributed by atoms with Crippen molar-refractivity contribution in [3.05, 3.63) is 58.5 Å². The molecule has 3 aromatic rings. The van der Waals surface area contributed by atoms with E-state index in [2.05, 4.69) is 5.32 Å². The van der Waals surface area contributed by atoms with E-state index in [1.165, 1.54) is 14.2 Å². The van der Waals surface area contributed by atoms with Crippen LogP contribution in [0.25, 0.3) is 10.8 Å². The van der Waals surface area contributed by atoms with Gasteiger partial charge in [-0.15, -0.1) is 0 Å². The van der Waals surface area contributed by atoms with Crippen LogP contribution in [0.5, 0.6) is 17.2 Å². The van der Waals surface area contributed by atoms with Gasteiger partial charge in [-0.1, -0.05) is 13.8 Å². The summed E-state index contributed by atoms with van der Waals surface area (Å²) in [4.78, 5) is 26.3. The van der Waals surface area contributed by atoms with Crippen molar-refractivity contribution in [3.8, 4) is 17.2 Å². The highest BCUT2D eigenvalue weighted by Crippen LogP contribution is 2.32. The van der Waals surface area contributed by atoms with Crippen molar-refractivity contribution in [2.45, 2.75) is 27.3 Å². The number of methoxy groups -OCH3 is 2. The van der Waals surface area contributed by atoms with Crippen LogP contribution in [0.3, 0.4) is 0 Å². The van der Waals surface area contributed by atoms with Crippen molar-refractivity contribution < 1.29 is 19.0 Å². The lowest BCUT2D eigenvalue weighted by atomic mass is 10.0. The lowest BCUT2D eigenvalue weighted by Crippen LogP contribution is -2.25. The molecule has 0 aliphatic carbocycles. The van der Waals surface area contributed by atoms with Crippen LogP contribution in [-0.4, -0.2) is 31.3 Å². The van der Waals surface area contributed by atoms with Gasteiger partial charge in [0.15, 0.2) is 11.5 Å². The van der Waals surface area contributed by atoms with Gasteiger partial charge >= 0.3 is 0 Å². The Labute approximate surface area is 181 Å². The average molecular weight is 424 g/mol. The molecule has 1 N–H and O–H groups in total. The molecule has 2 aromatic carbocycles. The molecule has 0 spiro atoms. The molecule has 1 heterocycles. The smallest absolute Gasteiger partial charge is 0.258 e. The molecule has 0 atom stereocenters. The first-order valence-corrected chi connectivity index (χ1v) is 10.2. The molecule has 164 valence electrons. The number of hydrogen-bond acceptors (Lipinski definition) is 5. The van der Waals surface area contributed by atoms with Crippen molar-refractivity contribution in [1.29, 1.82) is 0 Å². The highest BCUT2D eigenvalue weighted by atomic mass is 16.5. The van der Waals surface area contributed by atoms with Crippen LogP contribution in [0.4, 0.5) is 5.69 Å². The first-order valence-electron chi connectivity index (χ1n) is 10.2. The summed E-state index contributed by atoms with van der Waals surface area (Å²) >= 11 is 0. The van der Waals surface area contributed by atoms with Crippen LogP contribution in [0.15, 0.2) is 47.4 Å². The highest BCUT2D eigenvalue weighted by Gasteiger charge is 2.19. The monoisotopic (exact) mass is 424 g/mol. The van der Waals surface area contributed by atoms with E-state index in [0.29, 0.717) is 46.7 Å². The van der Waals surface area contributed by atoms with Crippen molar-refractivity contribution in [2.75, 3.05) is 26.1 Å². The molecule has 1 amide bonds. The Morgan fingerprint density at radius 2 is 1.65 bits per heavy atom. The molecule has 0 bridgehead atoms. The molecule has 7 heteroatoms. The van der Waals surface area contributed by atoms with Crippen molar-refractivity contribution in [3.63, 3.8) is 0 Å². The van der Waals surface area contributed by atoms with Gasteiger partial charge in [-0.25, -0.2) is 0 Å². The van der Waals surface area contributed by atoms with E-state index in [0.717, 1.165) is 5.75 Å². The fourth-order valence-electron chi connectivity index (χ4n) is 3.43. The number of benzene rings is 2. The van der Waals surface area contributed by atoms with E-state index in [1.54, 1.807) is 47.2 Å². The largest absolute Gasteiger partial charge is 0.494 e. The number of amides is 1. The number of hydrogen-bond donors (Lipinski definition) is 1. The number of pyridine rings is 1. The fourth-order valence-corrected chi connectivity index (χ4v) is 3.43. The predicted octanol–water partition coefficient (Wildman–Crippen LogP) is 4.33. The van der Waals surface area contributed by atoms with Gasteiger partial charge in [0.05, 0.1) is 31.8 Å². The maximum Gasteiger partial charge on any atom is 0.258 e. The number of fused-ring (bicyclic) bond motifs is 1. The number of nitrogens with zero attached hydrogens (tertiary/aromatic N) is 1. The summed E-state index contributed by atoms with van der Waals surface area (Å²) in [5, 5.41) is 3.81. The normalized spacial score (nSPS) is 10.9. The van der Waals surface area contributed by atoms with Crippen LogP contribution >= 0.6 is 0 Å². The SMILES string of the molecule is CCOc1ccc(NC(=O)c2cn(CC(C)C)c(=O)c3cc(OC)c(OC)cc23)cc1. The van der Waals surface area contributed by atoms with Gasteiger partial charge in [-0.3, -0.25) is 9.59 Å². The van der Waals surface area contributed by atoms with Gasteiger partial charge in [0.25, 0.3) is 11.5 Å². The van der Waals surface area contributed by atoms with Gasteiger partial charge in [-0.2, -0.15) is 0 Å². The maximum absolute atomic E-state index is 13.2. The Morgan fingerprint density at radius 1 is 1.03 bits per heavy atom. The minimum atomic E-state index is -0.320. The molecule has 0 unspecified atom stereocenters. The van der Waals surface area contributed by atoms with Crippen LogP contribution in [0.1, 0.15) is 31.1 Å². The first-order chi connectivity index (χ1) is 14.9. The van der Waals surface area contributed by atoms with E-state index in [4.69, 9.17) is 14.2 Å². The summed E-state index contributed by atoms with van der Waals surface area (Å²) < 4.78 is 17.8. The lowest BCUT2D eigenvalue weighted by molar-refractivity contribution is 0.102. The number of anilines is 1. The summed E-state index contributed by atoms with van der Waals surface area (Å²) in [6, 6.07) is 10.4. The Morgan fingerprint density at radius 3 is 2.19 bits per heavy atom. The zero-order valence-electron chi connectivity index (χ0n) is 18.5. The molecule has 0 saturated carbocycles. The third kappa shape index (κ3) is 4.82. The van der Waals surface area contributed by atoms with E-state index < -0.39 is 0 Å². The zero-order chi connectivity index (χ0) is 22.5. The van der Waals surface area contributed by atoms with Gasteiger partial charge in [0.1, 0.15) is 5.75 Å². The van der Waals surface area contributed by atoms with Gasteiger partial charge < -0.3 is 24.1 Å². The topological polar surface area (TPSA) is 78.8 Å². The third-order valence-electron chi connectivity index (χ3n) is 4.82. The van der Waals surface area contributed by atoms with Gasteiger partial charge in [-0.05, 0) is 49.2 Å². The maximum atomic E-state index is 13.2. The molecule has 0 fully saturated rings. The molecular weight excluding hydrogens is 396 g/mol. The third-order valence-corrected chi connectivity index (χ3v) is 4.82. The Balaban J connectivity index is 2.10. The van der Waals surface area contributed by atoms with E-state index >= 15 is 0 Å². The van der Waals surface area contributed by atoms with Gasteiger partial charge in [0, 0.05) is 23.8 Å². The van der Waals surface area contributed by atoms with Crippen molar-refractivity contribution in [1.82, 2.24) is 4.57 Å². The zero-order valence-corrected chi connectivity index (χ0v) is 18.5. The van der Waals surface area contributed by atoms with Crippen LogP contribution in [0.2, 0.25) is 0 Å². The van der Waals surface area contributed by atoms with E-state index in [1.807, 2.05) is 20.8 Å². The van der Waals surface area contributed by atoms with Crippen LogP contribution < -0.4 is 25.1 Å². The number of nitrogens with one attached hydrogen (secondary N) is 1. The molecule has 0 radical (unpaired) electrons. The number of carbonyl (C=O) groups is 1. The molecule has 0 aliphatic rings. The second-order valence-corrected chi connectivity index (χ2v) is 7.56. The molecule has 1 aromatic heterocycles. The van der Waals surface area contributed by atoms with Crippen molar-refractivity contribution >= 4 is 22.4 Å². The minimum Gasteiger partial charge on any atom is -0.494 e. The predicted molar refractivity (Wildman–Crippen MR) is 122 cm³/mol. The molecule has 3 rings (SSSR count). The molecular formula is C24H28N2O5. The number of carbonyl (C=O) groups excluding carboxylic acids is 1. The summed E-state index contributed by atoms with van der Waals surface area (Å²) in [6.45, 7) is 7.01. The lowest BCUT2D eigenvalue weighted by Gasteiger charge is -2.16. The van der Waals surface area contributed by atoms with Crippen LogP contribution in [0, 0.1) is 5.92 Å². The molecule has 31 heavy (non-hydrogen) atoms. The first kappa shape index (κ1) is 22.2. The standard InChI is InChI=1S/C24H28N2O5/c1-6-31-17-9-7-16(8-10-17)25-23(27)20-14-26(13-15(2)3)24(28)19-12-22(30-5)21(29-4)11-18(19)20/h7-12,14-15H,6,13H2,1-5H3,(H,25,27). The molecule has 0 saturated heterocycles. The summed E-state index contributed by atoms with van der Waals surface area (Å²) in [5.41, 5.74) is 0.830. The summed E-state index contributed by atoms with van der Waals surface area (Å²) in [5.74, 6) is 1.53. The second kappa shape index (κ2) is 9.55. The number of rotatable bonds is 8. The van der Waals surface area contributed by atoms with E-state index in [9.17, 15) is 9.59 Å². The average Bonchev–Trinajstić information content (AvgIpc) is 2.76. The Kier molecular flexibility index (Phi) is 6.84.